The van der Waals surface area contributed by atoms with Crippen LogP contribution in [0.15, 0.2) is 53.4 Å². The Hall–Kier alpha value is -2.09. The lowest BCUT2D eigenvalue weighted by molar-refractivity contribution is 0.0952. The predicted octanol–water partition coefficient (Wildman–Crippen LogP) is 2.85. The molecule has 2 rings (SSSR count). The van der Waals surface area contributed by atoms with Crippen molar-refractivity contribution in [3.8, 4) is 0 Å². The van der Waals surface area contributed by atoms with Crippen LogP contribution >= 0.6 is 11.6 Å². The second-order valence-electron chi connectivity index (χ2n) is 6.39. The maximum Gasteiger partial charge on any atom is 0.264 e. The number of amides is 1. The minimum absolute atomic E-state index is 0.150. The third kappa shape index (κ3) is 5.69. The maximum atomic E-state index is 12.7. The third-order valence-electron chi connectivity index (χ3n) is 4.03. The zero-order valence-electron chi connectivity index (χ0n) is 15.6. The van der Waals surface area contributed by atoms with E-state index in [1.165, 1.54) is 35.6 Å². The molecule has 0 heterocycles. The number of anilines is 1. The van der Waals surface area contributed by atoms with Gasteiger partial charge in [0.2, 0.25) is 0 Å². The summed E-state index contributed by atoms with van der Waals surface area (Å²) < 4.78 is 26.6. The van der Waals surface area contributed by atoms with Crippen LogP contribution in [0.25, 0.3) is 0 Å². The molecule has 27 heavy (non-hydrogen) atoms. The summed E-state index contributed by atoms with van der Waals surface area (Å²) in [6.07, 6.45) is 0.860. The van der Waals surface area contributed by atoms with E-state index in [0.717, 1.165) is 13.0 Å². The van der Waals surface area contributed by atoms with Crippen molar-refractivity contribution in [2.75, 3.05) is 38.5 Å². The van der Waals surface area contributed by atoms with Crippen LogP contribution in [0, 0.1) is 0 Å². The lowest BCUT2D eigenvalue weighted by Crippen LogP contribution is -2.28. The Morgan fingerprint density at radius 1 is 1.00 bits per heavy atom. The van der Waals surface area contributed by atoms with Gasteiger partial charge in [0.1, 0.15) is 0 Å². The van der Waals surface area contributed by atoms with Crippen LogP contribution in [-0.2, 0) is 10.0 Å². The van der Waals surface area contributed by atoms with Crippen LogP contribution in [0.3, 0.4) is 0 Å². The van der Waals surface area contributed by atoms with Crippen LogP contribution in [0.2, 0.25) is 5.02 Å². The number of sulfonamides is 1. The smallest absolute Gasteiger partial charge is 0.264 e. The number of hydrogen-bond acceptors (Lipinski definition) is 4. The van der Waals surface area contributed by atoms with E-state index in [-0.39, 0.29) is 10.8 Å². The monoisotopic (exact) mass is 409 g/mol. The molecule has 0 unspecified atom stereocenters. The van der Waals surface area contributed by atoms with Gasteiger partial charge in [-0.1, -0.05) is 11.6 Å². The molecule has 0 atom stereocenters. The highest BCUT2D eigenvalue weighted by molar-refractivity contribution is 7.92. The van der Waals surface area contributed by atoms with Crippen molar-refractivity contribution in [1.29, 1.82) is 0 Å². The highest BCUT2D eigenvalue weighted by atomic mass is 35.5. The molecule has 0 saturated heterocycles. The average molecular weight is 410 g/mol. The van der Waals surface area contributed by atoms with Crippen LogP contribution in [0.1, 0.15) is 16.8 Å². The fraction of sp³-hybridized carbons (Fsp3) is 0.316. The Kier molecular flexibility index (Phi) is 7.24. The van der Waals surface area contributed by atoms with Crippen molar-refractivity contribution >= 4 is 33.2 Å². The zero-order chi connectivity index (χ0) is 20.0. The van der Waals surface area contributed by atoms with Crippen LogP contribution in [0.5, 0.6) is 0 Å². The van der Waals surface area contributed by atoms with Gasteiger partial charge in [-0.3, -0.25) is 9.10 Å². The molecule has 1 N–H and O–H groups in total. The van der Waals surface area contributed by atoms with Crippen LogP contribution in [0.4, 0.5) is 5.69 Å². The first-order chi connectivity index (χ1) is 12.7. The summed E-state index contributed by atoms with van der Waals surface area (Å²) in [4.78, 5) is 14.4. The molecular weight excluding hydrogens is 386 g/mol. The van der Waals surface area contributed by atoms with E-state index < -0.39 is 10.0 Å². The molecule has 0 saturated carbocycles. The van der Waals surface area contributed by atoms with E-state index >= 15 is 0 Å². The minimum Gasteiger partial charge on any atom is -0.352 e. The summed E-state index contributed by atoms with van der Waals surface area (Å²) >= 11 is 5.82. The van der Waals surface area contributed by atoms with Crippen molar-refractivity contribution in [1.82, 2.24) is 10.2 Å². The maximum absolute atomic E-state index is 12.7. The molecule has 0 aromatic heterocycles. The molecule has 0 aliphatic carbocycles. The molecule has 0 bridgehead atoms. The van der Waals surface area contributed by atoms with Gasteiger partial charge in [0, 0.05) is 24.2 Å². The fourth-order valence-electron chi connectivity index (χ4n) is 2.43. The summed E-state index contributed by atoms with van der Waals surface area (Å²) in [5.41, 5.74) is 0.954. The fourth-order valence-corrected chi connectivity index (χ4v) is 3.75. The third-order valence-corrected chi connectivity index (χ3v) is 6.08. The molecular formula is C19H24ClN3O3S. The molecule has 0 fully saturated rings. The van der Waals surface area contributed by atoms with E-state index in [9.17, 15) is 13.2 Å². The van der Waals surface area contributed by atoms with Crippen LogP contribution < -0.4 is 9.62 Å². The van der Waals surface area contributed by atoms with Gasteiger partial charge in [-0.2, -0.15) is 0 Å². The molecule has 0 aliphatic rings. The van der Waals surface area contributed by atoms with E-state index in [0.29, 0.717) is 22.8 Å². The number of carbonyl (C=O) groups is 1. The van der Waals surface area contributed by atoms with Crippen LogP contribution in [-0.4, -0.2) is 53.5 Å². The lowest BCUT2D eigenvalue weighted by Gasteiger charge is -2.20. The SMILES string of the molecule is CN(C)CCCNC(=O)c1ccc(N(C)S(=O)(=O)c2ccc(Cl)cc2)cc1. The van der Waals surface area contributed by atoms with E-state index in [1.807, 2.05) is 14.1 Å². The summed E-state index contributed by atoms with van der Waals surface area (Å²) in [5, 5.41) is 3.32. The first-order valence-electron chi connectivity index (χ1n) is 8.49. The summed E-state index contributed by atoms with van der Waals surface area (Å²) in [6, 6.07) is 12.4. The summed E-state index contributed by atoms with van der Waals surface area (Å²) in [5.74, 6) is -0.177. The second-order valence-corrected chi connectivity index (χ2v) is 8.79. The van der Waals surface area contributed by atoms with Crippen molar-refractivity contribution in [2.45, 2.75) is 11.3 Å². The van der Waals surface area contributed by atoms with Gasteiger partial charge < -0.3 is 10.2 Å². The average Bonchev–Trinajstić information content (AvgIpc) is 2.64. The van der Waals surface area contributed by atoms with E-state index in [4.69, 9.17) is 11.6 Å². The lowest BCUT2D eigenvalue weighted by atomic mass is 10.2. The minimum atomic E-state index is -3.70. The number of rotatable bonds is 8. The largest absolute Gasteiger partial charge is 0.352 e. The Balaban J connectivity index is 2.05. The Labute approximate surface area is 165 Å². The molecule has 1 amide bonds. The molecule has 0 spiro atoms. The number of carbonyl (C=O) groups excluding carboxylic acids is 1. The normalized spacial score (nSPS) is 11.4. The number of nitrogens with zero attached hydrogens (tertiary/aromatic N) is 2. The van der Waals surface area contributed by atoms with Crippen molar-refractivity contribution in [3.63, 3.8) is 0 Å². The predicted molar refractivity (Wildman–Crippen MR) is 109 cm³/mol. The number of nitrogens with one attached hydrogen (secondary N) is 1. The van der Waals surface area contributed by atoms with Gasteiger partial charge in [0.05, 0.1) is 10.6 Å². The number of benzene rings is 2. The van der Waals surface area contributed by atoms with Gasteiger partial charge in [0.25, 0.3) is 15.9 Å². The van der Waals surface area contributed by atoms with Gasteiger partial charge in [0.15, 0.2) is 0 Å². The van der Waals surface area contributed by atoms with Gasteiger partial charge in [-0.15, -0.1) is 0 Å². The quantitative estimate of drug-likeness (QED) is 0.680. The van der Waals surface area contributed by atoms with Gasteiger partial charge >= 0.3 is 0 Å². The topological polar surface area (TPSA) is 69.7 Å². The zero-order valence-corrected chi connectivity index (χ0v) is 17.2. The van der Waals surface area contributed by atoms with Crippen molar-refractivity contribution in [3.05, 3.63) is 59.1 Å². The molecule has 146 valence electrons. The molecule has 8 heteroatoms. The summed E-state index contributed by atoms with van der Waals surface area (Å²) in [7, 11) is 1.74. The molecule has 0 aliphatic heterocycles. The van der Waals surface area contributed by atoms with Crippen molar-refractivity contribution in [2.24, 2.45) is 0 Å². The van der Waals surface area contributed by atoms with E-state index in [2.05, 4.69) is 10.2 Å². The Morgan fingerprint density at radius 2 is 1.59 bits per heavy atom. The Bertz CT molecular complexity index is 866. The van der Waals surface area contributed by atoms with Crippen molar-refractivity contribution < 1.29 is 13.2 Å². The Morgan fingerprint density at radius 3 is 2.15 bits per heavy atom. The highest BCUT2D eigenvalue weighted by Gasteiger charge is 2.21. The molecule has 2 aromatic carbocycles. The standard InChI is InChI=1S/C19H24ClN3O3S/c1-22(2)14-4-13-21-19(24)15-5-9-17(10-6-15)23(3)27(25,26)18-11-7-16(20)8-12-18/h5-12H,4,13-14H2,1-3H3,(H,21,24). The second kappa shape index (κ2) is 9.21. The number of halogens is 1. The highest BCUT2D eigenvalue weighted by Crippen LogP contribution is 2.23. The molecule has 0 radical (unpaired) electrons. The molecule has 6 nitrogen and oxygen atoms in total. The van der Waals surface area contributed by atoms with E-state index in [1.54, 1.807) is 24.3 Å². The number of hydrogen-bond donors (Lipinski definition) is 1. The first-order valence-corrected chi connectivity index (χ1v) is 10.3. The first kappa shape index (κ1) is 21.2. The van der Waals surface area contributed by atoms with Gasteiger partial charge in [-0.25, -0.2) is 8.42 Å². The van der Waals surface area contributed by atoms with Gasteiger partial charge in [-0.05, 0) is 75.6 Å². The summed E-state index contributed by atoms with van der Waals surface area (Å²) in [6.45, 7) is 1.48. The molecule has 2 aromatic rings.